The van der Waals surface area contributed by atoms with Gasteiger partial charge < -0.3 is 24.6 Å². The van der Waals surface area contributed by atoms with E-state index >= 15 is 0 Å². The van der Waals surface area contributed by atoms with E-state index < -0.39 is 12.2 Å². The first-order valence-corrected chi connectivity index (χ1v) is 15.9. The van der Waals surface area contributed by atoms with E-state index in [1.54, 1.807) is 24.1 Å². The minimum Gasteiger partial charge on any atom is -0.497 e. The number of carbonyl (C=O) groups is 3. The van der Waals surface area contributed by atoms with Crippen LogP contribution >= 0.6 is 0 Å². The maximum Gasteiger partial charge on any atom is 0.332 e. The molecule has 0 aliphatic carbocycles. The van der Waals surface area contributed by atoms with E-state index in [1.165, 1.54) is 0 Å². The quantitative estimate of drug-likeness (QED) is 0.269. The van der Waals surface area contributed by atoms with Crippen LogP contribution < -0.4 is 14.8 Å². The van der Waals surface area contributed by atoms with E-state index in [0.717, 1.165) is 39.0 Å². The van der Waals surface area contributed by atoms with Gasteiger partial charge in [0.2, 0.25) is 11.8 Å². The third-order valence-electron chi connectivity index (χ3n) is 8.97. The minimum atomic E-state index is -0.731. The predicted octanol–water partition coefficient (Wildman–Crippen LogP) is 4.82. The first kappa shape index (κ1) is 31.9. The Morgan fingerprint density at radius 3 is 2.17 bits per heavy atom. The molecular formula is C37H41N5O5. The van der Waals surface area contributed by atoms with Gasteiger partial charge in [-0.2, -0.15) is 5.01 Å². The van der Waals surface area contributed by atoms with Crippen molar-refractivity contribution >= 4 is 28.6 Å². The molecule has 4 amide bonds. The number of urea groups is 1. The number of hydrogen-bond acceptors (Lipinski definition) is 6. The second-order valence-corrected chi connectivity index (χ2v) is 12.2. The van der Waals surface area contributed by atoms with Crippen LogP contribution in [0.5, 0.6) is 11.5 Å². The highest BCUT2D eigenvalue weighted by molar-refractivity contribution is 5.92. The molecule has 1 N–H and O–H groups in total. The van der Waals surface area contributed by atoms with Crippen LogP contribution in [0.3, 0.4) is 0 Å². The summed E-state index contributed by atoms with van der Waals surface area (Å²) in [5.74, 6) is 1.17. The van der Waals surface area contributed by atoms with E-state index in [4.69, 9.17) is 9.47 Å². The summed E-state index contributed by atoms with van der Waals surface area (Å²) in [5, 5.41) is 8.67. The second kappa shape index (κ2) is 13.7. The Morgan fingerprint density at radius 1 is 0.872 bits per heavy atom. The molecule has 10 heteroatoms. The zero-order chi connectivity index (χ0) is 33.1. The van der Waals surface area contributed by atoms with Crippen molar-refractivity contribution in [2.45, 2.75) is 51.6 Å². The standard InChI is InChI=1S/C37H41N5O5/c1-25(2)42(37(45)38-21-27-14-18-31(47-4)19-15-27)40-24-35(43)41-33(20-26-12-16-30(46-3)17-13-26)36(44)39(23-34(40)41)22-29-10-7-9-28-8-5-6-11-32(28)29/h5-19,25,33-34H,20-24H2,1-4H3,(H,38,45)/t33-,34+/m0/s1. The smallest absolute Gasteiger partial charge is 0.332 e. The van der Waals surface area contributed by atoms with Crippen LogP contribution in [0, 0.1) is 0 Å². The van der Waals surface area contributed by atoms with E-state index in [2.05, 4.69) is 23.5 Å². The topological polar surface area (TPSA) is 94.7 Å². The maximum atomic E-state index is 14.3. The summed E-state index contributed by atoms with van der Waals surface area (Å²) in [7, 11) is 3.22. The Balaban J connectivity index is 1.30. The summed E-state index contributed by atoms with van der Waals surface area (Å²) in [4.78, 5) is 45.5. The molecule has 0 saturated carbocycles. The third kappa shape index (κ3) is 6.59. The number of methoxy groups -OCH3 is 2. The Hall–Kier alpha value is -5.09. The first-order chi connectivity index (χ1) is 22.8. The molecule has 2 atom stereocenters. The number of nitrogens with zero attached hydrogens (tertiary/aromatic N) is 4. The van der Waals surface area contributed by atoms with Crippen LogP contribution in [0.25, 0.3) is 10.8 Å². The SMILES string of the molecule is COc1ccc(CNC(=O)N(C(C)C)N2CC(=O)N3[C@@H](Cc4ccc(OC)cc4)C(=O)N(Cc4cccc5ccccc45)C[C@@H]32)cc1. The van der Waals surface area contributed by atoms with E-state index in [1.807, 2.05) is 96.6 Å². The van der Waals surface area contributed by atoms with Crippen LogP contribution in [-0.2, 0) is 29.1 Å². The molecule has 47 heavy (non-hydrogen) atoms. The van der Waals surface area contributed by atoms with Crippen molar-refractivity contribution in [1.29, 1.82) is 0 Å². The Labute approximate surface area is 275 Å². The predicted molar refractivity (Wildman–Crippen MR) is 179 cm³/mol. The monoisotopic (exact) mass is 635 g/mol. The number of benzene rings is 4. The van der Waals surface area contributed by atoms with Crippen LogP contribution in [-0.4, -0.2) is 83.2 Å². The van der Waals surface area contributed by atoms with Crippen LogP contribution in [0.1, 0.15) is 30.5 Å². The molecule has 2 aliphatic heterocycles. The van der Waals surface area contributed by atoms with Gasteiger partial charge in [0.25, 0.3) is 0 Å². The van der Waals surface area contributed by atoms with E-state index in [0.29, 0.717) is 19.5 Å². The summed E-state index contributed by atoms with van der Waals surface area (Å²) < 4.78 is 10.6. The molecule has 4 aromatic carbocycles. The van der Waals surface area contributed by atoms with Gasteiger partial charge in [0.15, 0.2) is 0 Å². The zero-order valence-electron chi connectivity index (χ0n) is 27.3. The molecule has 0 spiro atoms. The lowest BCUT2D eigenvalue weighted by Gasteiger charge is -2.47. The van der Waals surface area contributed by atoms with Gasteiger partial charge in [0.05, 0.1) is 27.3 Å². The van der Waals surface area contributed by atoms with Gasteiger partial charge in [0, 0.05) is 25.6 Å². The summed E-state index contributed by atoms with van der Waals surface area (Å²) >= 11 is 0. The first-order valence-electron chi connectivity index (χ1n) is 15.9. The molecule has 2 aliphatic rings. The molecule has 0 unspecified atom stereocenters. The molecule has 2 saturated heterocycles. The van der Waals surface area contributed by atoms with Crippen molar-refractivity contribution in [3.8, 4) is 11.5 Å². The number of piperazine rings is 1. The molecule has 2 heterocycles. The molecule has 4 aromatic rings. The number of hydrogen-bond donors (Lipinski definition) is 1. The molecule has 10 nitrogen and oxygen atoms in total. The molecule has 6 rings (SSSR count). The van der Waals surface area contributed by atoms with Crippen LogP contribution in [0.2, 0.25) is 0 Å². The fourth-order valence-corrected chi connectivity index (χ4v) is 6.63. The summed E-state index contributed by atoms with van der Waals surface area (Å²) in [6.07, 6.45) is -0.177. The number of rotatable bonds is 10. The Kier molecular flexibility index (Phi) is 9.31. The third-order valence-corrected chi connectivity index (χ3v) is 8.97. The average Bonchev–Trinajstić information content (AvgIpc) is 3.40. The summed E-state index contributed by atoms with van der Waals surface area (Å²) in [6, 6.07) is 28.1. The fourth-order valence-electron chi connectivity index (χ4n) is 6.63. The van der Waals surface area contributed by atoms with Crippen molar-refractivity contribution in [1.82, 2.24) is 25.1 Å². The number of carbonyl (C=O) groups excluding carboxylic acids is 3. The number of hydrazine groups is 1. The summed E-state index contributed by atoms with van der Waals surface area (Å²) in [5.41, 5.74) is 2.87. The second-order valence-electron chi connectivity index (χ2n) is 12.2. The van der Waals surface area contributed by atoms with Gasteiger partial charge in [-0.25, -0.2) is 4.79 Å². The zero-order valence-corrected chi connectivity index (χ0v) is 27.3. The van der Waals surface area contributed by atoms with Crippen molar-refractivity contribution in [3.05, 3.63) is 108 Å². The number of ether oxygens (including phenoxy) is 2. The van der Waals surface area contributed by atoms with Gasteiger partial charge in [-0.05, 0) is 65.6 Å². The minimum absolute atomic E-state index is 0.00664. The highest BCUT2D eigenvalue weighted by Gasteiger charge is 2.52. The molecular weight excluding hydrogens is 594 g/mol. The number of amides is 4. The number of fused-ring (bicyclic) bond motifs is 2. The van der Waals surface area contributed by atoms with E-state index in [9.17, 15) is 14.4 Å². The molecule has 0 aromatic heterocycles. The molecule has 2 fully saturated rings. The normalized spacial score (nSPS) is 18.1. The van der Waals surface area contributed by atoms with Gasteiger partial charge >= 0.3 is 6.03 Å². The molecule has 0 radical (unpaired) electrons. The lowest BCUT2D eigenvalue weighted by Crippen LogP contribution is -2.66. The van der Waals surface area contributed by atoms with Gasteiger partial charge in [-0.15, -0.1) is 0 Å². The lowest BCUT2D eigenvalue weighted by molar-refractivity contribution is -0.158. The Morgan fingerprint density at radius 2 is 1.51 bits per heavy atom. The lowest BCUT2D eigenvalue weighted by atomic mass is 9.99. The molecule has 244 valence electrons. The van der Waals surface area contributed by atoms with Gasteiger partial charge in [0.1, 0.15) is 23.7 Å². The van der Waals surface area contributed by atoms with Crippen LogP contribution in [0.15, 0.2) is 91.0 Å². The van der Waals surface area contributed by atoms with Crippen LogP contribution in [0.4, 0.5) is 4.79 Å². The Bertz CT molecular complexity index is 1740. The van der Waals surface area contributed by atoms with Crippen molar-refractivity contribution in [2.24, 2.45) is 0 Å². The largest absolute Gasteiger partial charge is 0.497 e. The van der Waals surface area contributed by atoms with Crippen molar-refractivity contribution < 1.29 is 23.9 Å². The van der Waals surface area contributed by atoms with Crippen molar-refractivity contribution in [3.63, 3.8) is 0 Å². The fraction of sp³-hybridized carbons (Fsp3) is 0.324. The average molecular weight is 636 g/mol. The van der Waals surface area contributed by atoms with Gasteiger partial charge in [-0.3, -0.25) is 14.6 Å². The highest BCUT2D eigenvalue weighted by Crippen LogP contribution is 2.32. The summed E-state index contributed by atoms with van der Waals surface area (Å²) in [6.45, 7) is 4.81. The maximum absolute atomic E-state index is 14.3. The van der Waals surface area contributed by atoms with Gasteiger partial charge in [-0.1, -0.05) is 66.7 Å². The number of nitrogens with one attached hydrogen (secondary N) is 1. The molecule has 0 bridgehead atoms. The van der Waals surface area contributed by atoms with Crippen molar-refractivity contribution in [2.75, 3.05) is 27.3 Å². The highest BCUT2D eigenvalue weighted by atomic mass is 16.5. The van der Waals surface area contributed by atoms with E-state index in [-0.39, 0.29) is 37.0 Å².